The highest BCUT2D eigenvalue weighted by molar-refractivity contribution is 6.25. The molecular weight excluding hydrogens is 530 g/mol. The summed E-state index contributed by atoms with van der Waals surface area (Å²) in [6, 6.07) is 17.5. The van der Waals surface area contributed by atoms with Crippen molar-refractivity contribution in [3.63, 3.8) is 0 Å². The summed E-state index contributed by atoms with van der Waals surface area (Å²) in [5, 5.41) is 13.0. The van der Waals surface area contributed by atoms with Crippen LogP contribution in [0.3, 0.4) is 0 Å². The van der Waals surface area contributed by atoms with Gasteiger partial charge in [-0.1, -0.05) is 48.0 Å². The molecule has 0 aromatic heterocycles. The Morgan fingerprint density at radius 3 is 2.38 bits per heavy atom. The molecule has 0 saturated carbocycles. The number of amides is 2. The summed E-state index contributed by atoms with van der Waals surface area (Å²) in [7, 11) is 0. The van der Waals surface area contributed by atoms with E-state index in [2.05, 4.69) is 0 Å². The van der Waals surface area contributed by atoms with E-state index in [9.17, 15) is 29.1 Å². The lowest BCUT2D eigenvalue weighted by Gasteiger charge is -2.42. The quantitative estimate of drug-likeness (QED) is 0.200. The molecule has 7 rings (SSSR count). The Labute approximate surface area is 241 Å². The lowest BCUT2D eigenvalue weighted by atomic mass is 9.59. The first-order chi connectivity index (χ1) is 20.2. The number of carbonyl (C=O) groups is 5. The number of anilines is 1. The summed E-state index contributed by atoms with van der Waals surface area (Å²) in [6.45, 7) is 3.07. The van der Waals surface area contributed by atoms with Crippen LogP contribution in [0, 0.1) is 17.8 Å². The Morgan fingerprint density at radius 2 is 1.64 bits per heavy atom. The van der Waals surface area contributed by atoms with Gasteiger partial charge in [0, 0.05) is 39.2 Å². The molecule has 1 heterocycles. The highest BCUT2D eigenvalue weighted by Crippen LogP contribution is 2.56. The lowest BCUT2D eigenvalue weighted by molar-refractivity contribution is -0.123. The van der Waals surface area contributed by atoms with Crippen LogP contribution in [-0.4, -0.2) is 34.3 Å². The molecule has 1 N–H and O–H groups in total. The number of aromatic hydroxyl groups is 1. The number of hydrogen-bond donors (Lipinski definition) is 1. The molecular formula is C35H27NO6. The molecule has 3 aromatic carbocycles. The molecule has 0 spiro atoms. The van der Waals surface area contributed by atoms with E-state index in [0.29, 0.717) is 45.3 Å². The molecule has 4 unspecified atom stereocenters. The molecule has 42 heavy (non-hydrogen) atoms. The van der Waals surface area contributed by atoms with Crippen molar-refractivity contribution in [3.8, 4) is 5.75 Å². The van der Waals surface area contributed by atoms with Gasteiger partial charge in [0.25, 0.3) is 0 Å². The monoisotopic (exact) mass is 557 g/mol. The van der Waals surface area contributed by atoms with Crippen molar-refractivity contribution < 1.29 is 29.1 Å². The van der Waals surface area contributed by atoms with Gasteiger partial charge in [-0.2, -0.15) is 0 Å². The van der Waals surface area contributed by atoms with E-state index in [1.54, 1.807) is 37.3 Å². The fraction of sp³-hybridized carbons (Fsp3) is 0.229. The summed E-state index contributed by atoms with van der Waals surface area (Å²) < 4.78 is 0. The first-order valence-corrected chi connectivity index (χ1v) is 14.1. The van der Waals surface area contributed by atoms with Gasteiger partial charge in [-0.05, 0) is 68.3 Å². The van der Waals surface area contributed by atoms with Crippen molar-refractivity contribution in [3.05, 3.63) is 106 Å². The Morgan fingerprint density at radius 1 is 0.905 bits per heavy atom. The van der Waals surface area contributed by atoms with Crippen LogP contribution in [0.15, 0.2) is 95.1 Å². The van der Waals surface area contributed by atoms with Crippen LogP contribution in [0.2, 0.25) is 0 Å². The van der Waals surface area contributed by atoms with Crippen molar-refractivity contribution in [2.75, 3.05) is 4.90 Å². The van der Waals surface area contributed by atoms with E-state index < -0.39 is 23.7 Å². The second kappa shape index (κ2) is 9.31. The number of rotatable bonds is 3. The fourth-order valence-electron chi connectivity index (χ4n) is 7.32. The zero-order valence-corrected chi connectivity index (χ0v) is 23.1. The number of phenolic OH excluding ortho intramolecular Hbond substituents is 1. The standard InChI is InChI=1S/C35H27NO6/c1-17-15-28(38)27-16-26-23(29(31(27)32(17)39)24-12-9-20-5-3-4-6-22(20)33(24)40)13-14-25-30(26)35(42)36(34(25)41)21-10-7-19(8-11-21)18(2)37/h3-13,15,25-26,29-30,40H,14,16H2,1-2H3. The number of benzene rings is 3. The van der Waals surface area contributed by atoms with Crippen LogP contribution in [0.4, 0.5) is 5.69 Å². The average Bonchev–Trinajstić information content (AvgIpc) is 3.25. The second-order valence-corrected chi connectivity index (χ2v) is 11.6. The first kappa shape index (κ1) is 26.0. The number of Topliss-reactive ketones (excluding diaryl/α,β-unsaturated/α-hetero) is 2. The molecule has 7 nitrogen and oxygen atoms in total. The Bertz CT molecular complexity index is 1870. The van der Waals surface area contributed by atoms with Gasteiger partial charge in [-0.25, -0.2) is 0 Å². The van der Waals surface area contributed by atoms with Crippen LogP contribution in [-0.2, 0) is 19.2 Å². The van der Waals surface area contributed by atoms with Crippen molar-refractivity contribution in [2.24, 2.45) is 17.8 Å². The molecule has 0 radical (unpaired) electrons. The molecule has 4 aliphatic rings. The molecule has 1 saturated heterocycles. The molecule has 7 heteroatoms. The third-order valence-corrected chi connectivity index (χ3v) is 9.34. The third kappa shape index (κ3) is 3.62. The molecule has 4 atom stereocenters. The van der Waals surface area contributed by atoms with Gasteiger partial charge < -0.3 is 5.11 Å². The van der Waals surface area contributed by atoms with E-state index in [1.165, 1.54) is 17.9 Å². The minimum Gasteiger partial charge on any atom is -0.507 e. The second-order valence-electron chi connectivity index (χ2n) is 11.6. The fourth-order valence-corrected chi connectivity index (χ4v) is 7.32. The van der Waals surface area contributed by atoms with E-state index in [0.717, 1.165) is 11.0 Å². The molecule has 208 valence electrons. The minimum atomic E-state index is -0.726. The van der Waals surface area contributed by atoms with Crippen LogP contribution >= 0.6 is 0 Å². The third-order valence-electron chi connectivity index (χ3n) is 9.34. The number of phenols is 1. The van der Waals surface area contributed by atoms with Crippen molar-refractivity contribution in [2.45, 2.75) is 32.6 Å². The van der Waals surface area contributed by atoms with Gasteiger partial charge in [-0.15, -0.1) is 0 Å². The highest BCUT2D eigenvalue weighted by Gasteiger charge is 2.56. The smallest absolute Gasteiger partial charge is 0.238 e. The Hall–Kier alpha value is -4.91. The SMILES string of the molecule is CC(=O)c1ccc(N2C(=O)C3CC=C4C(c5ccc6ccccc6c5O)C5=C(CC4C3C2=O)C(=O)C=C(C)C5=O)cc1. The number of fused-ring (bicyclic) bond motifs is 4. The van der Waals surface area contributed by atoms with Gasteiger partial charge in [0.1, 0.15) is 5.75 Å². The van der Waals surface area contributed by atoms with Crippen LogP contribution in [0.5, 0.6) is 5.75 Å². The first-order valence-electron chi connectivity index (χ1n) is 14.1. The number of nitrogens with zero attached hydrogens (tertiary/aromatic N) is 1. The topological polar surface area (TPSA) is 109 Å². The Balaban J connectivity index is 1.37. The summed E-state index contributed by atoms with van der Waals surface area (Å²) >= 11 is 0. The van der Waals surface area contributed by atoms with Crippen LogP contribution in [0.25, 0.3) is 10.8 Å². The zero-order chi connectivity index (χ0) is 29.4. The largest absolute Gasteiger partial charge is 0.507 e. The predicted octanol–water partition coefficient (Wildman–Crippen LogP) is 5.38. The summed E-state index contributed by atoms with van der Waals surface area (Å²) in [6.07, 6.45) is 3.75. The van der Waals surface area contributed by atoms with E-state index in [1.807, 2.05) is 36.4 Å². The maximum absolute atomic E-state index is 14.0. The summed E-state index contributed by atoms with van der Waals surface area (Å²) in [5.41, 5.74) is 3.19. The van der Waals surface area contributed by atoms with Gasteiger partial charge in [0.2, 0.25) is 11.8 Å². The van der Waals surface area contributed by atoms with Crippen LogP contribution < -0.4 is 4.90 Å². The summed E-state index contributed by atoms with van der Waals surface area (Å²) in [4.78, 5) is 67.7. The number of imide groups is 1. The van der Waals surface area contributed by atoms with Gasteiger partial charge in [0.15, 0.2) is 17.3 Å². The van der Waals surface area contributed by atoms with Gasteiger partial charge in [0.05, 0.1) is 17.5 Å². The predicted molar refractivity (Wildman–Crippen MR) is 156 cm³/mol. The maximum atomic E-state index is 14.0. The molecule has 1 fully saturated rings. The number of hydrogen-bond acceptors (Lipinski definition) is 6. The maximum Gasteiger partial charge on any atom is 0.238 e. The number of ketones is 3. The van der Waals surface area contributed by atoms with E-state index in [-0.39, 0.29) is 41.3 Å². The molecule has 0 bridgehead atoms. The zero-order valence-electron chi connectivity index (χ0n) is 23.1. The van der Waals surface area contributed by atoms with Crippen LogP contribution in [0.1, 0.15) is 48.5 Å². The van der Waals surface area contributed by atoms with E-state index in [4.69, 9.17) is 0 Å². The number of carbonyl (C=O) groups excluding carboxylic acids is 5. The lowest BCUT2D eigenvalue weighted by Crippen LogP contribution is -2.39. The Kier molecular flexibility index (Phi) is 5.77. The normalized spacial score (nSPS) is 25.2. The minimum absolute atomic E-state index is 0.0297. The average molecular weight is 558 g/mol. The number of allylic oxidation sites excluding steroid dienone is 6. The molecule has 1 aliphatic heterocycles. The van der Waals surface area contributed by atoms with Crippen molar-refractivity contribution in [1.29, 1.82) is 0 Å². The molecule has 2 amide bonds. The highest BCUT2D eigenvalue weighted by atomic mass is 16.3. The van der Waals surface area contributed by atoms with Crippen molar-refractivity contribution in [1.82, 2.24) is 0 Å². The van der Waals surface area contributed by atoms with E-state index >= 15 is 0 Å². The van der Waals surface area contributed by atoms with Gasteiger partial charge >= 0.3 is 0 Å². The van der Waals surface area contributed by atoms with Gasteiger partial charge in [-0.3, -0.25) is 28.9 Å². The summed E-state index contributed by atoms with van der Waals surface area (Å²) in [5.74, 6) is -3.85. The van der Waals surface area contributed by atoms with Crippen molar-refractivity contribution >= 4 is 45.6 Å². The molecule has 3 aromatic rings. The molecule has 3 aliphatic carbocycles.